The predicted molar refractivity (Wildman–Crippen MR) is 104 cm³/mol. The third-order valence-electron chi connectivity index (χ3n) is 3.71. The third kappa shape index (κ3) is 4.61. The lowest BCUT2D eigenvalue weighted by molar-refractivity contribution is -0.122. The van der Waals surface area contributed by atoms with Crippen molar-refractivity contribution in [3.05, 3.63) is 57.3 Å². The van der Waals surface area contributed by atoms with Crippen molar-refractivity contribution in [3.8, 4) is 5.75 Å². The Hall–Kier alpha value is -2.52. The Bertz CT molecular complexity index is 907. The van der Waals surface area contributed by atoms with E-state index in [4.69, 9.17) is 9.15 Å². The summed E-state index contributed by atoms with van der Waals surface area (Å²) in [7, 11) is 1.57. The van der Waals surface area contributed by atoms with Gasteiger partial charge in [-0.05, 0) is 63.6 Å². The van der Waals surface area contributed by atoms with Crippen LogP contribution in [0.15, 0.2) is 50.4 Å². The van der Waals surface area contributed by atoms with E-state index in [1.807, 2.05) is 0 Å². The van der Waals surface area contributed by atoms with E-state index >= 15 is 0 Å². The van der Waals surface area contributed by atoms with Crippen LogP contribution in [0.25, 0.3) is 6.08 Å². The summed E-state index contributed by atoms with van der Waals surface area (Å²) in [6.45, 7) is 0.212. The second kappa shape index (κ2) is 8.45. The number of benzene rings is 1. The molecular formula is C18H15BrN2O5S. The molecule has 27 heavy (non-hydrogen) atoms. The number of halogens is 1. The summed E-state index contributed by atoms with van der Waals surface area (Å²) in [6, 6.07) is 10.3. The molecule has 0 atom stereocenters. The van der Waals surface area contributed by atoms with Crippen LogP contribution in [0.4, 0.5) is 4.79 Å². The summed E-state index contributed by atoms with van der Waals surface area (Å²) in [6.07, 6.45) is 1.66. The lowest BCUT2D eigenvalue weighted by atomic mass is 10.2. The number of nitrogens with zero attached hydrogens (tertiary/aromatic N) is 1. The molecule has 0 saturated carbocycles. The lowest BCUT2D eigenvalue weighted by Gasteiger charge is -2.12. The molecule has 1 aromatic heterocycles. The van der Waals surface area contributed by atoms with Crippen molar-refractivity contribution in [1.82, 2.24) is 10.2 Å². The van der Waals surface area contributed by atoms with Crippen LogP contribution in [0.2, 0.25) is 0 Å². The molecule has 0 unspecified atom stereocenters. The topological polar surface area (TPSA) is 88.8 Å². The highest BCUT2D eigenvalue weighted by molar-refractivity contribution is 9.10. The van der Waals surface area contributed by atoms with E-state index in [0.29, 0.717) is 15.3 Å². The standard InChI is InChI=1S/C18H15BrN2O5S/c1-25-12-4-2-11(3-5-12)10-14-17(23)21(18(24)27-14)9-8-20-16(22)13-6-7-15(19)26-13/h2-7,10H,8-9H2,1H3,(H,20,22)/b14-10+. The van der Waals surface area contributed by atoms with E-state index in [1.54, 1.807) is 43.5 Å². The summed E-state index contributed by atoms with van der Waals surface area (Å²) in [5.74, 6) is 0.0623. The van der Waals surface area contributed by atoms with Crippen molar-refractivity contribution in [2.75, 3.05) is 20.2 Å². The van der Waals surface area contributed by atoms with Gasteiger partial charge in [0.25, 0.3) is 17.1 Å². The van der Waals surface area contributed by atoms with Crippen molar-refractivity contribution in [2.45, 2.75) is 0 Å². The molecule has 3 amide bonds. The molecule has 0 radical (unpaired) electrons. The van der Waals surface area contributed by atoms with Crippen molar-refractivity contribution in [2.24, 2.45) is 0 Å². The molecule has 1 N–H and O–H groups in total. The lowest BCUT2D eigenvalue weighted by Crippen LogP contribution is -2.37. The maximum Gasteiger partial charge on any atom is 0.293 e. The van der Waals surface area contributed by atoms with E-state index in [9.17, 15) is 14.4 Å². The third-order valence-corrected chi connectivity index (χ3v) is 5.04. The van der Waals surface area contributed by atoms with Gasteiger partial charge in [0, 0.05) is 13.1 Å². The minimum absolute atomic E-state index is 0.0816. The van der Waals surface area contributed by atoms with Crippen LogP contribution in [-0.4, -0.2) is 42.2 Å². The first-order valence-corrected chi connectivity index (χ1v) is 9.52. The molecule has 3 rings (SSSR count). The van der Waals surface area contributed by atoms with E-state index in [1.165, 1.54) is 6.07 Å². The van der Waals surface area contributed by atoms with Crippen LogP contribution >= 0.6 is 27.7 Å². The molecule has 1 aliphatic rings. The zero-order valence-electron chi connectivity index (χ0n) is 14.2. The van der Waals surface area contributed by atoms with Gasteiger partial charge >= 0.3 is 0 Å². The Balaban J connectivity index is 1.58. The van der Waals surface area contributed by atoms with Gasteiger partial charge in [0.05, 0.1) is 12.0 Å². The summed E-state index contributed by atoms with van der Waals surface area (Å²) >= 11 is 3.99. The SMILES string of the molecule is COc1ccc(/C=C2/SC(=O)N(CCNC(=O)c3ccc(Br)o3)C2=O)cc1. The Morgan fingerprint density at radius 1 is 1.26 bits per heavy atom. The number of rotatable bonds is 6. The minimum Gasteiger partial charge on any atom is -0.497 e. The normalized spacial score (nSPS) is 15.5. The van der Waals surface area contributed by atoms with Gasteiger partial charge < -0.3 is 14.5 Å². The molecule has 0 aliphatic carbocycles. The van der Waals surface area contributed by atoms with Gasteiger partial charge in [-0.2, -0.15) is 0 Å². The maximum absolute atomic E-state index is 12.4. The molecule has 7 nitrogen and oxygen atoms in total. The Morgan fingerprint density at radius 3 is 2.63 bits per heavy atom. The highest BCUT2D eigenvalue weighted by Crippen LogP contribution is 2.32. The van der Waals surface area contributed by atoms with Crippen LogP contribution in [0.5, 0.6) is 5.75 Å². The molecule has 1 fully saturated rings. The van der Waals surface area contributed by atoms with Gasteiger partial charge in [0.1, 0.15) is 5.75 Å². The van der Waals surface area contributed by atoms with Crippen LogP contribution in [0.1, 0.15) is 16.1 Å². The average Bonchev–Trinajstić information content (AvgIpc) is 3.21. The van der Waals surface area contributed by atoms with Crippen molar-refractivity contribution < 1.29 is 23.5 Å². The number of hydrogen-bond acceptors (Lipinski definition) is 6. The number of carbonyl (C=O) groups excluding carboxylic acids is 3. The van der Waals surface area contributed by atoms with Crippen LogP contribution in [0, 0.1) is 0 Å². The zero-order valence-corrected chi connectivity index (χ0v) is 16.6. The Kier molecular flexibility index (Phi) is 6.02. The fourth-order valence-corrected chi connectivity index (χ4v) is 3.52. The highest BCUT2D eigenvalue weighted by Gasteiger charge is 2.34. The van der Waals surface area contributed by atoms with E-state index in [0.717, 1.165) is 22.2 Å². The van der Waals surface area contributed by atoms with Crippen molar-refractivity contribution in [3.63, 3.8) is 0 Å². The van der Waals surface area contributed by atoms with Crippen LogP contribution < -0.4 is 10.1 Å². The smallest absolute Gasteiger partial charge is 0.293 e. The molecule has 2 heterocycles. The van der Waals surface area contributed by atoms with Crippen LogP contribution in [0.3, 0.4) is 0 Å². The van der Waals surface area contributed by atoms with Gasteiger partial charge in [-0.1, -0.05) is 12.1 Å². The summed E-state index contributed by atoms with van der Waals surface area (Å²) in [4.78, 5) is 37.9. The molecule has 2 aromatic rings. The fraction of sp³-hybridized carbons (Fsp3) is 0.167. The first-order valence-electron chi connectivity index (χ1n) is 7.91. The number of ether oxygens (including phenoxy) is 1. The fourth-order valence-electron chi connectivity index (χ4n) is 2.35. The molecule has 9 heteroatoms. The van der Waals surface area contributed by atoms with Gasteiger partial charge in [0.2, 0.25) is 0 Å². The monoisotopic (exact) mass is 450 g/mol. The van der Waals surface area contributed by atoms with Gasteiger partial charge in [-0.15, -0.1) is 0 Å². The molecule has 1 aromatic carbocycles. The average molecular weight is 451 g/mol. The number of nitrogens with one attached hydrogen (secondary N) is 1. The van der Waals surface area contributed by atoms with E-state index < -0.39 is 5.91 Å². The number of thioether (sulfide) groups is 1. The first-order chi connectivity index (χ1) is 13.0. The Morgan fingerprint density at radius 2 is 2.00 bits per heavy atom. The Labute approximate surface area is 167 Å². The number of methoxy groups -OCH3 is 1. The second-order valence-corrected chi connectivity index (χ2v) is 7.24. The first kappa shape index (κ1) is 19.2. The second-order valence-electron chi connectivity index (χ2n) is 5.47. The molecule has 0 spiro atoms. The summed E-state index contributed by atoms with van der Waals surface area (Å²) < 4.78 is 10.7. The minimum atomic E-state index is -0.415. The number of hydrogen-bond donors (Lipinski definition) is 1. The quantitative estimate of drug-likeness (QED) is 0.677. The summed E-state index contributed by atoms with van der Waals surface area (Å²) in [5.41, 5.74) is 0.790. The number of carbonyl (C=O) groups is 3. The van der Waals surface area contributed by atoms with E-state index in [2.05, 4.69) is 21.2 Å². The molecule has 1 saturated heterocycles. The van der Waals surface area contributed by atoms with Gasteiger partial charge in [0.15, 0.2) is 10.4 Å². The van der Waals surface area contributed by atoms with Crippen LogP contribution in [-0.2, 0) is 4.79 Å². The van der Waals surface area contributed by atoms with Gasteiger partial charge in [-0.3, -0.25) is 19.3 Å². The zero-order chi connectivity index (χ0) is 19.4. The number of amides is 3. The molecular weight excluding hydrogens is 436 g/mol. The number of imide groups is 1. The largest absolute Gasteiger partial charge is 0.497 e. The maximum atomic E-state index is 12.4. The van der Waals surface area contributed by atoms with E-state index in [-0.39, 0.29) is 30.0 Å². The van der Waals surface area contributed by atoms with Crippen molar-refractivity contribution in [1.29, 1.82) is 0 Å². The molecule has 1 aliphatic heterocycles. The highest BCUT2D eigenvalue weighted by atomic mass is 79.9. The predicted octanol–water partition coefficient (Wildman–Crippen LogP) is 3.52. The number of furan rings is 1. The molecule has 0 bridgehead atoms. The summed E-state index contributed by atoms with van der Waals surface area (Å²) in [5, 5.41) is 2.25. The van der Waals surface area contributed by atoms with Crippen molar-refractivity contribution >= 4 is 50.8 Å². The van der Waals surface area contributed by atoms with Gasteiger partial charge in [-0.25, -0.2) is 0 Å². The molecule has 140 valence electrons.